The summed E-state index contributed by atoms with van der Waals surface area (Å²) in [4.78, 5) is 0. The Morgan fingerprint density at radius 3 is 2.14 bits per heavy atom. The summed E-state index contributed by atoms with van der Waals surface area (Å²) in [6.45, 7) is 8.35. The molecule has 0 saturated heterocycles. The van der Waals surface area contributed by atoms with E-state index in [9.17, 15) is 0 Å². The van der Waals surface area contributed by atoms with Crippen molar-refractivity contribution in [3.8, 4) is 0 Å². The second kappa shape index (κ2) is 5.72. The minimum atomic E-state index is 0.0750. The van der Waals surface area contributed by atoms with Crippen molar-refractivity contribution in [1.82, 2.24) is 5.43 Å². The summed E-state index contributed by atoms with van der Waals surface area (Å²) in [7, 11) is 0. The van der Waals surface area contributed by atoms with E-state index in [2.05, 4.69) is 89.8 Å². The maximum absolute atomic E-state index is 4.45. The first-order valence-corrected chi connectivity index (χ1v) is 7.58. The van der Waals surface area contributed by atoms with Crippen LogP contribution >= 0.6 is 0 Å². The van der Waals surface area contributed by atoms with Gasteiger partial charge in [-0.15, -0.1) is 0 Å². The Morgan fingerprint density at radius 1 is 0.909 bits per heavy atom. The van der Waals surface area contributed by atoms with E-state index in [4.69, 9.17) is 0 Å². The lowest BCUT2D eigenvalue weighted by Crippen LogP contribution is -2.59. The molecule has 4 nitrogen and oxygen atoms in total. The molecule has 3 rings (SSSR count). The van der Waals surface area contributed by atoms with Crippen LogP contribution in [0.15, 0.2) is 53.6 Å². The number of rotatable bonds is 2. The number of aryl methyl sites for hydroxylation is 2. The molecule has 0 aliphatic carbocycles. The zero-order valence-corrected chi connectivity index (χ0v) is 13.5. The first-order chi connectivity index (χ1) is 10.6. The molecule has 0 radical (unpaired) electrons. The Morgan fingerprint density at radius 2 is 1.50 bits per heavy atom. The molecular weight excluding hydrogens is 272 g/mol. The monoisotopic (exact) mass is 294 g/mol. The van der Waals surface area contributed by atoms with E-state index in [1.165, 1.54) is 11.1 Å². The third kappa shape index (κ3) is 2.64. The molecule has 0 saturated carbocycles. The predicted molar refractivity (Wildman–Crippen MR) is 93.0 cm³/mol. The zero-order chi connectivity index (χ0) is 15.7. The van der Waals surface area contributed by atoms with Crippen LogP contribution in [0.2, 0.25) is 0 Å². The van der Waals surface area contributed by atoms with Crippen molar-refractivity contribution in [1.29, 1.82) is 0 Å². The van der Waals surface area contributed by atoms with Crippen molar-refractivity contribution >= 4 is 17.2 Å². The van der Waals surface area contributed by atoms with Crippen LogP contribution in [0.1, 0.15) is 25.0 Å². The Labute approximate surface area is 132 Å². The molecule has 0 amide bonds. The fraction of sp³-hybridized carbons (Fsp3) is 0.278. The van der Waals surface area contributed by atoms with Gasteiger partial charge in [0.25, 0.3) is 0 Å². The average molecular weight is 294 g/mol. The number of amidine groups is 1. The Hall–Kier alpha value is -2.49. The summed E-state index contributed by atoms with van der Waals surface area (Å²) in [6.07, 6.45) is 0.0750. The van der Waals surface area contributed by atoms with Gasteiger partial charge < -0.3 is 0 Å². The van der Waals surface area contributed by atoms with Crippen LogP contribution in [-0.4, -0.2) is 12.0 Å². The van der Waals surface area contributed by atoms with Gasteiger partial charge in [0.05, 0.1) is 11.4 Å². The third-order valence-electron chi connectivity index (χ3n) is 3.81. The number of nitrogens with zero attached hydrogens (tertiary/aromatic N) is 3. The van der Waals surface area contributed by atoms with Gasteiger partial charge in [-0.2, -0.15) is 5.10 Å². The number of hydrogen-bond acceptors (Lipinski definition) is 4. The van der Waals surface area contributed by atoms with E-state index in [0.29, 0.717) is 0 Å². The second-order valence-electron chi connectivity index (χ2n) is 5.80. The highest BCUT2D eigenvalue weighted by Gasteiger charge is 2.28. The van der Waals surface area contributed by atoms with Gasteiger partial charge in [-0.1, -0.05) is 24.3 Å². The van der Waals surface area contributed by atoms with E-state index in [-0.39, 0.29) is 6.17 Å². The van der Waals surface area contributed by atoms with Crippen LogP contribution in [-0.2, 0) is 0 Å². The number of hydrazone groups is 1. The predicted octanol–water partition coefficient (Wildman–Crippen LogP) is 3.81. The Kier molecular flexibility index (Phi) is 3.75. The van der Waals surface area contributed by atoms with Crippen molar-refractivity contribution in [3.63, 3.8) is 0 Å². The Bertz CT molecular complexity index is 708. The summed E-state index contributed by atoms with van der Waals surface area (Å²) < 4.78 is 0. The molecule has 0 bridgehead atoms. The molecule has 1 aliphatic rings. The van der Waals surface area contributed by atoms with Crippen LogP contribution in [0.3, 0.4) is 0 Å². The first kappa shape index (κ1) is 14.4. The van der Waals surface area contributed by atoms with Gasteiger partial charge in [0.1, 0.15) is 12.0 Å². The van der Waals surface area contributed by atoms with Crippen molar-refractivity contribution in [3.05, 3.63) is 59.7 Å². The van der Waals surface area contributed by atoms with E-state index in [0.717, 1.165) is 17.2 Å². The molecule has 22 heavy (non-hydrogen) atoms. The smallest absolute Gasteiger partial charge is 0.145 e. The quantitative estimate of drug-likeness (QED) is 0.913. The molecule has 1 atom stereocenters. The van der Waals surface area contributed by atoms with E-state index < -0.39 is 0 Å². The minimum absolute atomic E-state index is 0.0750. The van der Waals surface area contributed by atoms with E-state index in [1.807, 2.05) is 6.92 Å². The zero-order valence-electron chi connectivity index (χ0n) is 13.5. The van der Waals surface area contributed by atoms with Crippen LogP contribution in [0, 0.1) is 13.8 Å². The number of hydrogen-bond donors (Lipinski definition) is 1. The minimum Gasteiger partial charge on any atom is -0.285 e. The summed E-state index contributed by atoms with van der Waals surface area (Å²) in [5.41, 5.74) is 7.94. The number of nitrogens with one attached hydrogen (secondary N) is 1. The normalized spacial score (nSPS) is 18.0. The molecular formula is C18H22N4. The summed E-state index contributed by atoms with van der Waals surface area (Å²) in [5.74, 6) is 0.921. The van der Waals surface area contributed by atoms with Crippen LogP contribution in [0.4, 0.5) is 11.4 Å². The van der Waals surface area contributed by atoms with Gasteiger partial charge >= 0.3 is 0 Å². The fourth-order valence-corrected chi connectivity index (χ4v) is 2.80. The molecule has 4 heteroatoms. The van der Waals surface area contributed by atoms with Gasteiger partial charge in [0.15, 0.2) is 0 Å². The van der Waals surface area contributed by atoms with Crippen molar-refractivity contribution in [2.45, 2.75) is 33.9 Å². The maximum Gasteiger partial charge on any atom is 0.145 e. The lowest BCUT2D eigenvalue weighted by molar-refractivity contribution is 0.515. The average Bonchev–Trinajstić information content (AvgIpc) is 2.49. The molecule has 1 heterocycles. The van der Waals surface area contributed by atoms with Gasteiger partial charge in [-0.3, -0.25) is 10.4 Å². The highest BCUT2D eigenvalue weighted by atomic mass is 15.7. The maximum atomic E-state index is 4.45. The summed E-state index contributed by atoms with van der Waals surface area (Å²) in [6, 6.07) is 17.0. The van der Waals surface area contributed by atoms with Crippen molar-refractivity contribution in [2.75, 3.05) is 10.0 Å². The first-order valence-electron chi connectivity index (χ1n) is 7.58. The third-order valence-corrected chi connectivity index (χ3v) is 3.81. The number of anilines is 2. The fourth-order valence-electron chi connectivity index (χ4n) is 2.80. The van der Waals surface area contributed by atoms with E-state index >= 15 is 0 Å². The van der Waals surface area contributed by atoms with Crippen molar-refractivity contribution in [2.24, 2.45) is 5.10 Å². The van der Waals surface area contributed by atoms with E-state index in [1.54, 1.807) is 0 Å². The molecule has 0 spiro atoms. The highest BCUT2D eigenvalue weighted by Crippen LogP contribution is 2.28. The lowest BCUT2D eigenvalue weighted by atomic mass is 10.2. The topological polar surface area (TPSA) is 30.9 Å². The molecule has 2 aromatic carbocycles. The van der Waals surface area contributed by atoms with Gasteiger partial charge in [-0.05, 0) is 63.1 Å². The SMILES string of the molecule is CC1=NNC(C)N(c2cccc(C)c2)N1c1cccc(C)c1. The standard InChI is InChI=1S/C18H22N4/c1-13-7-5-9-17(11-13)21-15(3)19-20-16(4)22(21)18-10-6-8-14(2)12-18/h5-12,15,19H,1-4H3. The molecule has 1 N–H and O–H groups in total. The molecule has 1 aliphatic heterocycles. The van der Waals surface area contributed by atoms with Crippen LogP contribution in [0.25, 0.3) is 0 Å². The van der Waals surface area contributed by atoms with Gasteiger partial charge in [0.2, 0.25) is 0 Å². The molecule has 0 fully saturated rings. The van der Waals surface area contributed by atoms with Gasteiger partial charge in [0, 0.05) is 0 Å². The molecule has 1 unspecified atom stereocenters. The second-order valence-corrected chi connectivity index (χ2v) is 5.80. The molecule has 2 aromatic rings. The van der Waals surface area contributed by atoms with Crippen molar-refractivity contribution < 1.29 is 0 Å². The lowest BCUT2D eigenvalue weighted by Gasteiger charge is -2.44. The highest BCUT2D eigenvalue weighted by molar-refractivity contribution is 5.99. The summed E-state index contributed by atoms with van der Waals surface area (Å²) >= 11 is 0. The number of hydrazine groups is 1. The van der Waals surface area contributed by atoms with Crippen LogP contribution < -0.4 is 15.4 Å². The number of benzene rings is 2. The van der Waals surface area contributed by atoms with Gasteiger partial charge in [-0.25, -0.2) is 5.01 Å². The molecule has 114 valence electrons. The largest absolute Gasteiger partial charge is 0.285 e. The van der Waals surface area contributed by atoms with Crippen LogP contribution in [0.5, 0.6) is 0 Å². The Balaban J connectivity index is 2.10. The molecule has 0 aromatic heterocycles. The summed E-state index contributed by atoms with van der Waals surface area (Å²) in [5, 5.41) is 8.86.